The van der Waals surface area contributed by atoms with Crippen molar-refractivity contribution < 1.29 is 4.79 Å². The van der Waals surface area contributed by atoms with Crippen LogP contribution in [0, 0.1) is 0 Å². The summed E-state index contributed by atoms with van der Waals surface area (Å²) in [6.45, 7) is 0. The minimum absolute atomic E-state index is 0.0242. The van der Waals surface area contributed by atoms with E-state index in [1.807, 2.05) is 12.1 Å². The first-order valence-corrected chi connectivity index (χ1v) is 4.95. The number of aliphatic imine (C=N–C) groups is 1. The standard InChI is InChI=1S/C9H8N2OS/c12-8-6-13-9(11-8)4-7-2-1-3-10-5-7/h1-3,5H,4,6H2. The molecule has 13 heavy (non-hydrogen) atoms. The molecule has 0 saturated carbocycles. The summed E-state index contributed by atoms with van der Waals surface area (Å²) in [6.07, 6.45) is 4.26. The number of hydrogen-bond donors (Lipinski definition) is 0. The first-order chi connectivity index (χ1) is 6.34. The number of rotatable bonds is 2. The zero-order valence-corrected chi connectivity index (χ0v) is 7.75. The van der Waals surface area contributed by atoms with Crippen molar-refractivity contribution in [2.24, 2.45) is 4.99 Å². The quantitative estimate of drug-likeness (QED) is 0.709. The largest absolute Gasteiger partial charge is 0.272 e. The molecule has 0 radical (unpaired) electrons. The van der Waals surface area contributed by atoms with Crippen LogP contribution < -0.4 is 0 Å². The van der Waals surface area contributed by atoms with Crippen LogP contribution in [0.2, 0.25) is 0 Å². The number of pyridine rings is 1. The zero-order chi connectivity index (χ0) is 9.10. The van der Waals surface area contributed by atoms with E-state index in [-0.39, 0.29) is 5.91 Å². The van der Waals surface area contributed by atoms with Crippen molar-refractivity contribution in [1.82, 2.24) is 4.98 Å². The molecular formula is C9H8N2OS. The third-order valence-corrected chi connectivity index (χ3v) is 2.65. The van der Waals surface area contributed by atoms with E-state index < -0.39 is 0 Å². The lowest BCUT2D eigenvalue weighted by atomic mass is 10.2. The zero-order valence-electron chi connectivity index (χ0n) is 6.93. The average Bonchev–Trinajstić information content (AvgIpc) is 2.53. The second-order valence-electron chi connectivity index (χ2n) is 2.73. The molecule has 3 nitrogen and oxygen atoms in total. The highest BCUT2D eigenvalue weighted by atomic mass is 32.2. The van der Waals surface area contributed by atoms with Crippen molar-refractivity contribution in [3.8, 4) is 0 Å². The summed E-state index contributed by atoms with van der Waals surface area (Å²) in [7, 11) is 0. The van der Waals surface area contributed by atoms with Gasteiger partial charge in [-0.25, -0.2) is 4.99 Å². The summed E-state index contributed by atoms with van der Waals surface area (Å²) in [5, 5.41) is 0.901. The predicted molar refractivity (Wildman–Crippen MR) is 52.8 cm³/mol. The van der Waals surface area contributed by atoms with E-state index in [1.165, 1.54) is 11.8 Å². The Hall–Kier alpha value is -1.16. The van der Waals surface area contributed by atoms with Crippen molar-refractivity contribution in [3.05, 3.63) is 30.1 Å². The third kappa shape index (κ3) is 2.15. The lowest BCUT2D eigenvalue weighted by Crippen LogP contribution is -1.95. The fraction of sp³-hybridized carbons (Fsp3) is 0.222. The molecule has 0 spiro atoms. The minimum Gasteiger partial charge on any atom is -0.272 e. The minimum atomic E-state index is -0.0242. The molecule has 0 fully saturated rings. The van der Waals surface area contributed by atoms with Crippen molar-refractivity contribution >= 4 is 22.7 Å². The van der Waals surface area contributed by atoms with Gasteiger partial charge in [0, 0.05) is 18.8 Å². The van der Waals surface area contributed by atoms with Gasteiger partial charge in [-0.05, 0) is 11.6 Å². The second kappa shape index (κ2) is 3.70. The Kier molecular flexibility index (Phi) is 2.40. The van der Waals surface area contributed by atoms with Crippen LogP contribution in [0.15, 0.2) is 29.5 Å². The number of carbonyl (C=O) groups excluding carboxylic acids is 1. The Morgan fingerprint density at radius 2 is 2.46 bits per heavy atom. The van der Waals surface area contributed by atoms with Gasteiger partial charge in [-0.2, -0.15) is 0 Å². The van der Waals surface area contributed by atoms with Crippen LogP contribution in [-0.4, -0.2) is 21.7 Å². The van der Waals surface area contributed by atoms with Gasteiger partial charge in [0.05, 0.1) is 10.8 Å². The van der Waals surface area contributed by atoms with Gasteiger partial charge in [0.25, 0.3) is 5.91 Å². The Morgan fingerprint density at radius 3 is 3.08 bits per heavy atom. The molecule has 66 valence electrons. The molecule has 1 aliphatic rings. The molecule has 0 saturated heterocycles. The summed E-state index contributed by atoms with van der Waals surface area (Å²) < 4.78 is 0. The fourth-order valence-corrected chi connectivity index (χ4v) is 1.91. The molecule has 4 heteroatoms. The third-order valence-electron chi connectivity index (χ3n) is 1.69. The molecule has 2 heterocycles. The maximum Gasteiger partial charge on any atom is 0.256 e. The van der Waals surface area contributed by atoms with E-state index in [9.17, 15) is 4.79 Å². The molecule has 2 rings (SSSR count). The summed E-state index contributed by atoms with van der Waals surface area (Å²) >= 11 is 1.52. The lowest BCUT2D eigenvalue weighted by molar-refractivity contribution is -0.115. The SMILES string of the molecule is O=C1CSC(Cc2cccnc2)=N1. The van der Waals surface area contributed by atoms with Gasteiger partial charge in [-0.15, -0.1) is 11.8 Å². The van der Waals surface area contributed by atoms with Gasteiger partial charge in [-0.1, -0.05) is 6.07 Å². The van der Waals surface area contributed by atoms with Gasteiger partial charge in [0.2, 0.25) is 0 Å². The first kappa shape index (κ1) is 8.44. The Bertz CT molecular complexity index is 348. The Balaban J connectivity index is 2.07. The van der Waals surface area contributed by atoms with Crippen LogP contribution in [-0.2, 0) is 11.2 Å². The normalized spacial score (nSPS) is 16.0. The monoisotopic (exact) mass is 192 g/mol. The van der Waals surface area contributed by atoms with Crippen molar-refractivity contribution in [1.29, 1.82) is 0 Å². The first-order valence-electron chi connectivity index (χ1n) is 3.97. The number of carbonyl (C=O) groups is 1. The van der Waals surface area contributed by atoms with Crippen molar-refractivity contribution in [3.63, 3.8) is 0 Å². The Labute approximate surface area is 80.3 Å². The van der Waals surface area contributed by atoms with E-state index in [0.717, 1.165) is 17.0 Å². The van der Waals surface area contributed by atoms with Crippen molar-refractivity contribution in [2.75, 3.05) is 5.75 Å². The maximum absolute atomic E-state index is 10.8. The molecule has 0 unspecified atom stereocenters. The fourth-order valence-electron chi connectivity index (χ4n) is 1.12. The summed E-state index contributed by atoms with van der Waals surface area (Å²) in [5.41, 5.74) is 1.10. The van der Waals surface area contributed by atoms with E-state index in [0.29, 0.717) is 5.75 Å². The smallest absolute Gasteiger partial charge is 0.256 e. The van der Waals surface area contributed by atoms with Gasteiger partial charge in [0.15, 0.2) is 0 Å². The van der Waals surface area contributed by atoms with Crippen molar-refractivity contribution in [2.45, 2.75) is 6.42 Å². The van der Waals surface area contributed by atoms with Crippen LogP contribution in [0.25, 0.3) is 0 Å². The molecule has 1 aromatic rings. The topological polar surface area (TPSA) is 42.3 Å². The molecule has 1 aromatic heterocycles. The number of aromatic nitrogens is 1. The highest BCUT2D eigenvalue weighted by Crippen LogP contribution is 2.16. The predicted octanol–water partition coefficient (Wildman–Crippen LogP) is 1.30. The second-order valence-corrected chi connectivity index (χ2v) is 3.77. The molecule has 0 bridgehead atoms. The number of hydrogen-bond acceptors (Lipinski definition) is 3. The van der Waals surface area contributed by atoms with E-state index >= 15 is 0 Å². The number of nitrogens with zero attached hydrogens (tertiary/aromatic N) is 2. The van der Waals surface area contributed by atoms with E-state index in [1.54, 1.807) is 12.4 Å². The van der Waals surface area contributed by atoms with Crippen LogP contribution in [0.1, 0.15) is 5.56 Å². The highest BCUT2D eigenvalue weighted by molar-refractivity contribution is 8.15. The molecule has 0 atom stereocenters. The number of amides is 1. The molecular weight excluding hydrogens is 184 g/mol. The molecule has 1 amide bonds. The van der Waals surface area contributed by atoms with Crippen LogP contribution in [0.3, 0.4) is 0 Å². The highest BCUT2D eigenvalue weighted by Gasteiger charge is 2.14. The number of thioether (sulfide) groups is 1. The summed E-state index contributed by atoms with van der Waals surface area (Å²) in [4.78, 5) is 18.7. The van der Waals surface area contributed by atoms with Gasteiger partial charge in [-0.3, -0.25) is 9.78 Å². The molecule has 1 aliphatic heterocycles. The Morgan fingerprint density at radius 1 is 1.54 bits per heavy atom. The van der Waals surface area contributed by atoms with E-state index in [2.05, 4.69) is 9.98 Å². The molecule has 0 aliphatic carbocycles. The average molecular weight is 192 g/mol. The summed E-state index contributed by atoms with van der Waals surface area (Å²) in [6, 6.07) is 3.87. The molecule has 0 N–H and O–H groups in total. The summed E-state index contributed by atoms with van der Waals surface area (Å²) in [5.74, 6) is 0.471. The van der Waals surface area contributed by atoms with E-state index in [4.69, 9.17) is 0 Å². The molecule has 0 aromatic carbocycles. The van der Waals surface area contributed by atoms with Gasteiger partial charge < -0.3 is 0 Å². The van der Waals surface area contributed by atoms with Crippen LogP contribution in [0.4, 0.5) is 0 Å². The van der Waals surface area contributed by atoms with Gasteiger partial charge >= 0.3 is 0 Å². The van der Waals surface area contributed by atoms with Crippen LogP contribution in [0.5, 0.6) is 0 Å². The lowest BCUT2D eigenvalue weighted by Gasteiger charge is -1.97. The maximum atomic E-state index is 10.8. The van der Waals surface area contributed by atoms with Gasteiger partial charge in [0.1, 0.15) is 0 Å². The van der Waals surface area contributed by atoms with Crippen LogP contribution >= 0.6 is 11.8 Å².